The van der Waals surface area contributed by atoms with Crippen LogP contribution in [-0.2, 0) is 13.9 Å². The Morgan fingerprint density at radius 2 is 1.12 bits per heavy atom. The van der Waals surface area contributed by atoms with Gasteiger partial charge in [0, 0.05) is 12.9 Å². The van der Waals surface area contributed by atoms with Gasteiger partial charge in [0.25, 0.3) is 0 Å². The summed E-state index contributed by atoms with van der Waals surface area (Å²) in [6.07, 6.45) is 0.0136. The van der Waals surface area contributed by atoms with Gasteiger partial charge in [-0.25, -0.2) is 0 Å². The predicted molar refractivity (Wildman–Crippen MR) is 146 cm³/mol. The van der Waals surface area contributed by atoms with Crippen LogP contribution in [0, 0.1) is 0 Å². The minimum atomic E-state index is -1.84. The second kappa shape index (κ2) is 11.0. The molecule has 0 bridgehead atoms. The Labute approximate surface area is 205 Å². The predicted octanol–water partition coefficient (Wildman–Crippen LogP) is 7.75. The van der Waals surface area contributed by atoms with Gasteiger partial charge >= 0.3 is 0 Å². The molecular weight excluding hydrogens is 440 g/mol. The molecule has 0 N–H and O–H groups in total. The summed E-state index contributed by atoms with van der Waals surface area (Å²) < 4.78 is 12.1. The first-order valence-corrected chi connectivity index (χ1v) is 15.6. The summed E-state index contributed by atoms with van der Waals surface area (Å²) in [6, 6.07) is 32.5. The molecule has 1 atom stereocenters. The van der Waals surface area contributed by atoms with E-state index in [9.17, 15) is 0 Å². The van der Waals surface area contributed by atoms with Crippen molar-refractivity contribution in [2.75, 3.05) is 19.5 Å². The van der Waals surface area contributed by atoms with Gasteiger partial charge < -0.3 is 9.16 Å². The van der Waals surface area contributed by atoms with Gasteiger partial charge in [0.2, 0.25) is 0 Å². The molecule has 3 aromatic rings. The highest BCUT2D eigenvalue weighted by Crippen LogP contribution is 2.48. The lowest BCUT2D eigenvalue weighted by Gasteiger charge is -2.38. The summed E-state index contributed by atoms with van der Waals surface area (Å²) in [7, 11) is -0.0388. The fraction of sp³-hybridized carbons (Fsp3) is 0.379. The summed E-state index contributed by atoms with van der Waals surface area (Å²) in [6.45, 7) is 12.1. The van der Waals surface area contributed by atoms with Crippen molar-refractivity contribution in [2.24, 2.45) is 0 Å². The standard InChI is InChI=1S/C29H38O2SSi/c1-28(2,3)33(5,6)31-22-27(30-4)23-32-29(24-16-10-7-11-17-24,25-18-12-8-13-19-25)26-20-14-9-15-21-26/h7-21,27H,22-23H2,1-6H3. The molecule has 0 amide bonds. The van der Waals surface area contributed by atoms with Crippen LogP contribution in [0.1, 0.15) is 37.5 Å². The van der Waals surface area contributed by atoms with Crippen LogP contribution in [-0.4, -0.2) is 33.9 Å². The lowest BCUT2D eigenvalue weighted by molar-refractivity contribution is 0.0695. The third kappa shape index (κ3) is 5.99. The van der Waals surface area contributed by atoms with Gasteiger partial charge in [-0.3, -0.25) is 0 Å². The molecule has 4 heteroatoms. The van der Waals surface area contributed by atoms with E-state index in [4.69, 9.17) is 9.16 Å². The zero-order valence-corrected chi connectivity index (χ0v) is 22.7. The Balaban J connectivity index is 1.97. The van der Waals surface area contributed by atoms with Crippen molar-refractivity contribution in [1.82, 2.24) is 0 Å². The van der Waals surface area contributed by atoms with Gasteiger partial charge in [0.15, 0.2) is 8.32 Å². The molecule has 3 aromatic carbocycles. The maximum Gasteiger partial charge on any atom is 0.192 e. The second-order valence-corrected chi connectivity index (χ2v) is 16.1. The molecule has 0 fully saturated rings. The van der Waals surface area contributed by atoms with Crippen molar-refractivity contribution in [3.63, 3.8) is 0 Å². The highest BCUT2D eigenvalue weighted by molar-refractivity contribution is 8.00. The van der Waals surface area contributed by atoms with E-state index in [-0.39, 0.29) is 15.9 Å². The van der Waals surface area contributed by atoms with Crippen LogP contribution in [0.3, 0.4) is 0 Å². The van der Waals surface area contributed by atoms with Crippen molar-refractivity contribution in [3.05, 3.63) is 108 Å². The summed E-state index contributed by atoms with van der Waals surface area (Å²) in [5.41, 5.74) is 3.81. The Hall–Kier alpha value is -1.85. The highest BCUT2D eigenvalue weighted by Gasteiger charge is 2.39. The molecule has 0 saturated carbocycles. The van der Waals surface area contributed by atoms with Crippen LogP contribution in [0.2, 0.25) is 18.1 Å². The number of hydrogen-bond acceptors (Lipinski definition) is 3. The van der Waals surface area contributed by atoms with Gasteiger partial charge in [-0.15, -0.1) is 11.8 Å². The Morgan fingerprint density at radius 3 is 1.45 bits per heavy atom. The zero-order chi connectivity index (χ0) is 24.0. The summed E-state index contributed by atoms with van der Waals surface area (Å²) in [5, 5.41) is 0.181. The van der Waals surface area contributed by atoms with E-state index in [0.29, 0.717) is 6.61 Å². The van der Waals surface area contributed by atoms with E-state index in [2.05, 4.69) is 125 Å². The number of methoxy groups -OCH3 is 1. The maximum absolute atomic E-state index is 6.53. The van der Waals surface area contributed by atoms with E-state index in [1.807, 2.05) is 11.8 Å². The fourth-order valence-electron chi connectivity index (χ4n) is 3.69. The molecule has 1 unspecified atom stereocenters. The molecule has 2 nitrogen and oxygen atoms in total. The molecule has 0 aromatic heterocycles. The first-order chi connectivity index (χ1) is 15.7. The third-order valence-electron chi connectivity index (χ3n) is 6.80. The van der Waals surface area contributed by atoms with E-state index in [1.165, 1.54) is 16.7 Å². The zero-order valence-electron chi connectivity index (χ0n) is 20.9. The molecule has 0 aliphatic heterocycles. The van der Waals surface area contributed by atoms with Gasteiger partial charge in [-0.2, -0.15) is 0 Å². The molecular formula is C29H38O2SSi. The fourth-order valence-corrected chi connectivity index (χ4v) is 6.30. The summed E-state index contributed by atoms with van der Waals surface area (Å²) >= 11 is 1.93. The minimum absolute atomic E-state index is 0.0136. The monoisotopic (exact) mass is 478 g/mol. The SMILES string of the molecule is COC(CO[Si](C)(C)C(C)(C)C)CSC(c1ccccc1)(c1ccccc1)c1ccccc1. The second-order valence-electron chi connectivity index (χ2n) is 10.0. The quantitative estimate of drug-likeness (QED) is 0.219. The number of rotatable bonds is 10. The number of hydrogen-bond donors (Lipinski definition) is 0. The molecule has 0 aliphatic rings. The molecule has 0 heterocycles. The van der Waals surface area contributed by atoms with Crippen molar-refractivity contribution >= 4 is 20.1 Å². The van der Waals surface area contributed by atoms with Gasteiger partial charge in [0.05, 0.1) is 17.5 Å². The van der Waals surface area contributed by atoms with E-state index >= 15 is 0 Å². The van der Waals surface area contributed by atoms with Gasteiger partial charge in [0.1, 0.15) is 0 Å². The van der Waals surface area contributed by atoms with Crippen LogP contribution >= 0.6 is 11.8 Å². The van der Waals surface area contributed by atoms with E-state index < -0.39 is 8.32 Å². The van der Waals surface area contributed by atoms with Crippen molar-refractivity contribution in [2.45, 2.75) is 49.8 Å². The van der Waals surface area contributed by atoms with Crippen LogP contribution in [0.5, 0.6) is 0 Å². The van der Waals surface area contributed by atoms with Crippen LogP contribution in [0.25, 0.3) is 0 Å². The topological polar surface area (TPSA) is 18.5 Å². The highest BCUT2D eigenvalue weighted by atomic mass is 32.2. The first-order valence-electron chi connectivity index (χ1n) is 11.7. The Kier molecular flexibility index (Phi) is 8.63. The lowest BCUT2D eigenvalue weighted by Crippen LogP contribution is -2.43. The third-order valence-corrected chi connectivity index (χ3v) is 13.0. The molecule has 3 rings (SSSR count). The number of benzene rings is 3. The molecule has 176 valence electrons. The van der Waals surface area contributed by atoms with Crippen LogP contribution < -0.4 is 0 Å². The molecule has 0 saturated heterocycles. The van der Waals surface area contributed by atoms with Gasteiger partial charge in [-0.1, -0.05) is 112 Å². The summed E-state index contributed by atoms with van der Waals surface area (Å²) in [4.78, 5) is 0. The molecule has 0 radical (unpaired) electrons. The lowest BCUT2D eigenvalue weighted by atomic mass is 9.84. The molecule has 0 spiro atoms. The smallest absolute Gasteiger partial charge is 0.192 e. The number of ether oxygens (including phenoxy) is 1. The molecule has 0 aliphatic carbocycles. The normalized spacial score (nSPS) is 13.6. The van der Waals surface area contributed by atoms with E-state index in [1.54, 1.807) is 7.11 Å². The van der Waals surface area contributed by atoms with Crippen LogP contribution in [0.4, 0.5) is 0 Å². The van der Waals surface area contributed by atoms with E-state index in [0.717, 1.165) is 5.75 Å². The average Bonchev–Trinajstić information content (AvgIpc) is 2.82. The average molecular weight is 479 g/mol. The Morgan fingerprint density at radius 1 is 0.727 bits per heavy atom. The van der Waals surface area contributed by atoms with Crippen LogP contribution in [0.15, 0.2) is 91.0 Å². The largest absolute Gasteiger partial charge is 0.414 e. The maximum atomic E-state index is 6.53. The number of thioether (sulfide) groups is 1. The van der Waals surface area contributed by atoms with Gasteiger partial charge in [-0.05, 0) is 34.8 Å². The molecule has 33 heavy (non-hydrogen) atoms. The Bertz CT molecular complexity index is 872. The van der Waals surface area contributed by atoms with Crippen molar-refractivity contribution in [3.8, 4) is 0 Å². The first kappa shape index (κ1) is 25.8. The minimum Gasteiger partial charge on any atom is -0.414 e. The van der Waals surface area contributed by atoms with Crippen molar-refractivity contribution in [1.29, 1.82) is 0 Å². The van der Waals surface area contributed by atoms with Crippen molar-refractivity contribution < 1.29 is 9.16 Å². The summed E-state index contributed by atoms with van der Waals surface area (Å²) in [5.74, 6) is 0.823.